The van der Waals surface area contributed by atoms with Crippen LogP contribution in [-0.2, 0) is 0 Å². The topological polar surface area (TPSA) is 43.1 Å². The Morgan fingerprint density at radius 3 is 2.18 bits per heavy atom. The van der Waals surface area contributed by atoms with Crippen LogP contribution in [0.2, 0.25) is 0 Å². The largest absolute Gasteiger partial charge is 0.303 e. The first-order valence-electron chi connectivity index (χ1n) is 2.60. The van der Waals surface area contributed by atoms with Crippen LogP contribution >= 0.6 is 0 Å². The van der Waals surface area contributed by atoms with E-state index in [9.17, 15) is 14.5 Å². The predicted molar refractivity (Wildman–Crippen MR) is 40.2 cm³/mol. The number of nitro groups is 1. The maximum atomic E-state index is 12.2. The minimum Gasteiger partial charge on any atom is -0.258 e. The smallest absolute Gasteiger partial charge is 0.258 e. The van der Waals surface area contributed by atoms with Crippen molar-refractivity contribution < 1.29 is 9.31 Å². The molecule has 0 N–H and O–H groups in total. The Labute approximate surface area is 64.5 Å². The van der Waals surface area contributed by atoms with Crippen molar-refractivity contribution in [3.63, 3.8) is 0 Å². The minimum atomic E-state index is -1.14. The van der Waals surface area contributed by atoms with Crippen molar-refractivity contribution in [2.75, 3.05) is 0 Å². The van der Waals surface area contributed by atoms with Crippen LogP contribution < -0.4 is 0 Å². The van der Waals surface area contributed by atoms with Gasteiger partial charge < -0.3 is 0 Å². The van der Waals surface area contributed by atoms with Crippen LogP contribution in [0, 0.1) is 10.1 Å². The first kappa shape index (κ1) is 9.61. The number of nitrogens with zero attached hydrogens (tertiary/aromatic N) is 1. The molecule has 2 radical (unpaired) electrons. The highest BCUT2D eigenvalue weighted by atomic mass is 19.1. The summed E-state index contributed by atoms with van der Waals surface area (Å²) in [5.74, 6) is -1.14. The predicted octanol–water partition coefficient (Wildman–Crippen LogP) is 1.31. The molecule has 0 heterocycles. The Kier molecular flexibility index (Phi) is 3.24. The van der Waals surface area contributed by atoms with Crippen LogP contribution in [0.25, 0.3) is 0 Å². The van der Waals surface area contributed by atoms with Crippen LogP contribution in [0.4, 0.5) is 4.39 Å². The standard InChI is InChI=1S/C6H5BFNO2/c1-4(7)3-6(5(2)8)9(10)11/h3H,1-2H2/b6-3+. The molecule has 56 valence electrons. The van der Waals surface area contributed by atoms with Crippen molar-refractivity contribution in [2.24, 2.45) is 0 Å². The zero-order valence-electron chi connectivity index (χ0n) is 5.71. The van der Waals surface area contributed by atoms with Crippen molar-refractivity contribution in [1.29, 1.82) is 0 Å². The molecule has 0 aliphatic heterocycles. The number of hydrogen-bond acceptors (Lipinski definition) is 2. The summed E-state index contributed by atoms with van der Waals surface area (Å²) in [4.78, 5) is 9.10. The minimum absolute atomic E-state index is 0.0875. The molecular formula is C6H5BFNO2. The molecule has 0 saturated carbocycles. The van der Waals surface area contributed by atoms with E-state index < -0.39 is 16.4 Å². The van der Waals surface area contributed by atoms with E-state index >= 15 is 0 Å². The summed E-state index contributed by atoms with van der Waals surface area (Å²) >= 11 is 0. The zero-order valence-corrected chi connectivity index (χ0v) is 5.71. The molecule has 0 saturated heterocycles. The fourth-order valence-corrected chi connectivity index (χ4v) is 0.406. The van der Waals surface area contributed by atoms with Gasteiger partial charge in [-0.3, -0.25) is 10.1 Å². The average Bonchev–Trinajstić information content (AvgIpc) is 1.81. The van der Waals surface area contributed by atoms with Crippen LogP contribution in [0.3, 0.4) is 0 Å². The Morgan fingerprint density at radius 2 is 2.09 bits per heavy atom. The summed E-state index contributed by atoms with van der Waals surface area (Å²) in [6.07, 6.45) is 0.808. The fourth-order valence-electron chi connectivity index (χ4n) is 0.406. The van der Waals surface area contributed by atoms with Gasteiger partial charge in [0.05, 0.1) is 4.92 Å². The Bertz CT molecular complexity index is 231. The van der Waals surface area contributed by atoms with Crippen molar-refractivity contribution >= 4 is 7.85 Å². The lowest BCUT2D eigenvalue weighted by atomic mass is 9.97. The lowest BCUT2D eigenvalue weighted by Gasteiger charge is -1.92. The van der Waals surface area contributed by atoms with E-state index in [-0.39, 0.29) is 5.47 Å². The number of rotatable bonds is 3. The lowest BCUT2D eigenvalue weighted by molar-refractivity contribution is -0.422. The van der Waals surface area contributed by atoms with Crippen LogP contribution in [0.5, 0.6) is 0 Å². The molecule has 0 spiro atoms. The normalized spacial score (nSPS) is 10.8. The van der Waals surface area contributed by atoms with Gasteiger partial charge in [0.15, 0.2) is 5.83 Å². The molecule has 0 atom stereocenters. The van der Waals surface area contributed by atoms with E-state index in [4.69, 9.17) is 7.85 Å². The molecule has 3 nitrogen and oxygen atoms in total. The van der Waals surface area contributed by atoms with Gasteiger partial charge in [0.25, 0.3) is 0 Å². The molecule has 0 unspecified atom stereocenters. The van der Waals surface area contributed by atoms with Crippen molar-refractivity contribution in [1.82, 2.24) is 0 Å². The molecule has 5 heteroatoms. The summed E-state index contributed by atoms with van der Waals surface area (Å²) in [5, 5.41) is 10.0. The van der Waals surface area contributed by atoms with Crippen LogP contribution in [0.1, 0.15) is 0 Å². The highest BCUT2D eigenvalue weighted by Crippen LogP contribution is 2.10. The monoisotopic (exact) mass is 153 g/mol. The first-order valence-corrected chi connectivity index (χ1v) is 2.60. The van der Waals surface area contributed by atoms with Crippen molar-refractivity contribution in [2.45, 2.75) is 0 Å². The maximum absolute atomic E-state index is 12.2. The van der Waals surface area contributed by atoms with E-state index in [2.05, 4.69) is 13.2 Å². The summed E-state index contributed by atoms with van der Waals surface area (Å²) in [7, 11) is 4.99. The van der Waals surface area contributed by atoms with Gasteiger partial charge in [0.2, 0.25) is 0 Å². The second-order valence-corrected chi connectivity index (χ2v) is 1.77. The molecule has 0 aromatic carbocycles. The second-order valence-electron chi connectivity index (χ2n) is 1.77. The molecular weight excluding hydrogens is 148 g/mol. The van der Waals surface area contributed by atoms with Gasteiger partial charge >= 0.3 is 5.70 Å². The zero-order chi connectivity index (χ0) is 9.02. The first-order chi connectivity index (χ1) is 4.95. The van der Waals surface area contributed by atoms with Gasteiger partial charge in [-0.1, -0.05) is 12.1 Å². The third-order valence-corrected chi connectivity index (χ3v) is 0.797. The van der Waals surface area contributed by atoms with E-state index in [1.165, 1.54) is 0 Å². The Hall–Kier alpha value is -1.39. The molecule has 0 aromatic heterocycles. The fraction of sp³-hybridized carbons (Fsp3) is 0. The molecule has 0 aliphatic carbocycles. The highest BCUT2D eigenvalue weighted by Gasteiger charge is 2.13. The molecule has 0 fully saturated rings. The van der Waals surface area contributed by atoms with Crippen LogP contribution in [0.15, 0.2) is 36.2 Å². The quantitative estimate of drug-likeness (QED) is 0.265. The molecule has 0 bridgehead atoms. The van der Waals surface area contributed by atoms with Gasteiger partial charge in [-0.2, -0.15) is 0 Å². The van der Waals surface area contributed by atoms with E-state index in [1.807, 2.05) is 0 Å². The summed E-state index contributed by atoms with van der Waals surface area (Å²) in [6.45, 7) is 5.91. The third-order valence-electron chi connectivity index (χ3n) is 0.797. The molecule has 0 aromatic rings. The number of halogens is 1. The summed E-state index contributed by atoms with van der Waals surface area (Å²) < 4.78 is 12.2. The van der Waals surface area contributed by atoms with Crippen LogP contribution in [-0.4, -0.2) is 12.8 Å². The van der Waals surface area contributed by atoms with Gasteiger partial charge in [-0.25, -0.2) is 4.39 Å². The Balaban J connectivity index is 4.75. The average molecular weight is 153 g/mol. The van der Waals surface area contributed by atoms with Gasteiger partial charge in [-0.15, -0.1) is 6.58 Å². The highest BCUT2D eigenvalue weighted by molar-refractivity contribution is 6.23. The number of allylic oxidation sites excluding steroid dienone is 3. The van der Waals surface area contributed by atoms with Crippen molar-refractivity contribution in [3.05, 3.63) is 46.3 Å². The molecule has 0 aliphatic rings. The lowest BCUT2D eigenvalue weighted by Crippen LogP contribution is -1.99. The second kappa shape index (κ2) is 3.70. The molecule has 0 rings (SSSR count). The van der Waals surface area contributed by atoms with Gasteiger partial charge in [-0.05, 0) is 0 Å². The van der Waals surface area contributed by atoms with E-state index in [0.717, 1.165) is 6.08 Å². The Morgan fingerprint density at radius 1 is 1.64 bits per heavy atom. The van der Waals surface area contributed by atoms with E-state index in [0.29, 0.717) is 0 Å². The summed E-state index contributed by atoms with van der Waals surface area (Å²) in [6, 6.07) is 0. The summed E-state index contributed by atoms with van der Waals surface area (Å²) in [5.41, 5.74) is -0.854. The SMILES string of the molecule is [B]C(=C)/C=C(\C(=C)F)[N+](=O)[O-]. The third kappa shape index (κ3) is 3.35. The molecule has 11 heavy (non-hydrogen) atoms. The number of hydrogen-bond donors (Lipinski definition) is 0. The maximum Gasteiger partial charge on any atom is 0.303 e. The van der Waals surface area contributed by atoms with Gasteiger partial charge in [0.1, 0.15) is 7.85 Å². The molecule has 0 amide bonds. The van der Waals surface area contributed by atoms with Crippen molar-refractivity contribution in [3.8, 4) is 0 Å². The van der Waals surface area contributed by atoms with Gasteiger partial charge in [0, 0.05) is 6.08 Å². The van der Waals surface area contributed by atoms with E-state index in [1.54, 1.807) is 0 Å².